The molecule has 0 unspecified atom stereocenters. The van der Waals surface area contributed by atoms with Gasteiger partial charge in [-0.1, -0.05) is 18.2 Å². The van der Waals surface area contributed by atoms with Crippen LogP contribution in [0.1, 0.15) is 29.8 Å². The van der Waals surface area contributed by atoms with E-state index < -0.39 is 5.95 Å². The van der Waals surface area contributed by atoms with Crippen LogP contribution in [0.25, 0.3) is 5.69 Å². The molecule has 1 aromatic heterocycles. The molecule has 1 aliphatic heterocycles. The van der Waals surface area contributed by atoms with E-state index in [-0.39, 0.29) is 11.6 Å². The summed E-state index contributed by atoms with van der Waals surface area (Å²) in [7, 11) is 0. The lowest BCUT2D eigenvalue weighted by Gasteiger charge is -2.25. The van der Waals surface area contributed by atoms with E-state index in [0.717, 1.165) is 19.3 Å². The van der Waals surface area contributed by atoms with Crippen molar-refractivity contribution in [2.45, 2.75) is 19.3 Å². The second-order valence-corrected chi connectivity index (χ2v) is 4.81. The predicted octanol–water partition coefficient (Wildman–Crippen LogP) is 0.651. The van der Waals surface area contributed by atoms with Crippen LogP contribution in [-0.4, -0.2) is 29.2 Å². The number of aromatic nitrogens is 2. The van der Waals surface area contributed by atoms with Crippen molar-refractivity contribution >= 4 is 5.91 Å². The Bertz CT molecular complexity index is 603. The molecular formula is C14H15N3O3. The Kier molecular flexibility index (Phi) is 3.37. The summed E-state index contributed by atoms with van der Waals surface area (Å²) in [6.45, 7) is 1.36. The summed E-state index contributed by atoms with van der Waals surface area (Å²) in [6.07, 6.45) is 3.06. The fraction of sp³-hybridized carbons (Fsp3) is 0.357. The Hall–Kier alpha value is -2.37. The van der Waals surface area contributed by atoms with E-state index in [9.17, 15) is 9.90 Å². The van der Waals surface area contributed by atoms with Crippen molar-refractivity contribution in [2.75, 3.05) is 13.1 Å². The molecule has 1 fully saturated rings. The molecule has 0 saturated carbocycles. The third-order valence-corrected chi connectivity index (χ3v) is 3.46. The average molecular weight is 273 g/mol. The van der Waals surface area contributed by atoms with Gasteiger partial charge in [-0.2, -0.15) is 0 Å². The third kappa shape index (κ3) is 2.24. The Morgan fingerprint density at radius 1 is 1.20 bits per heavy atom. The molecule has 6 heteroatoms. The molecule has 0 bridgehead atoms. The molecule has 0 spiro atoms. The van der Waals surface area contributed by atoms with E-state index in [1.54, 1.807) is 17.0 Å². The largest absolute Gasteiger partial charge is 0.538 e. The highest BCUT2D eigenvalue weighted by molar-refractivity contribution is 5.92. The van der Waals surface area contributed by atoms with Gasteiger partial charge in [0, 0.05) is 25.2 Å². The summed E-state index contributed by atoms with van der Waals surface area (Å²) < 4.78 is 5.95. The molecular weight excluding hydrogens is 258 g/mol. The lowest BCUT2D eigenvalue weighted by molar-refractivity contribution is -0.672. The van der Waals surface area contributed by atoms with Crippen LogP contribution in [0, 0.1) is 0 Å². The summed E-state index contributed by atoms with van der Waals surface area (Å²) in [5.74, 6) is -0.996. The van der Waals surface area contributed by atoms with Crippen molar-refractivity contribution in [2.24, 2.45) is 0 Å². The lowest BCUT2D eigenvalue weighted by Crippen LogP contribution is -2.45. The molecule has 6 nitrogen and oxygen atoms in total. The summed E-state index contributed by atoms with van der Waals surface area (Å²) in [6, 6.07) is 9.03. The van der Waals surface area contributed by atoms with Gasteiger partial charge in [0.15, 0.2) is 5.95 Å². The van der Waals surface area contributed by atoms with E-state index in [1.165, 1.54) is 4.68 Å². The van der Waals surface area contributed by atoms with Gasteiger partial charge in [0.05, 0.1) is 5.27 Å². The zero-order valence-electron chi connectivity index (χ0n) is 11.0. The maximum absolute atomic E-state index is 12.5. The Balaban J connectivity index is 1.97. The van der Waals surface area contributed by atoms with Gasteiger partial charge in [-0.25, -0.2) is 0 Å². The molecule has 104 valence electrons. The molecule has 1 amide bonds. The van der Waals surface area contributed by atoms with E-state index >= 15 is 0 Å². The van der Waals surface area contributed by atoms with Crippen molar-refractivity contribution in [3.05, 3.63) is 36.0 Å². The monoisotopic (exact) mass is 273 g/mol. The minimum atomic E-state index is -0.690. The highest BCUT2D eigenvalue weighted by Gasteiger charge is 2.31. The number of amides is 1. The van der Waals surface area contributed by atoms with Crippen LogP contribution in [0.3, 0.4) is 0 Å². The normalized spacial score (nSPS) is 15.3. The van der Waals surface area contributed by atoms with E-state index in [2.05, 4.69) is 9.79 Å². The minimum Gasteiger partial charge on any atom is -0.538 e. The van der Waals surface area contributed by atoms with Crippen LogP contribution in [-0.2, 0) is 0 Å². The number of likely N-dealkylation sites (tertiary alicyclic amines) is 1. The lowest BCUT2D eigenvalue weighted by atomic mass is 10.1. The van der Waals surface area contributed by atoms with Gasteiger partial charge in [-0.05, 0) is 23.9 Å². The Morgan fingerprint density at radius 3 is 2.60 bits per heavy atom. The van der Waals surface area contributed by atoms with Gasteiger partial charge >= 0.3 is 11.6 Å². The first kappa shape index (κ1) is 12.7. The van der Waals surface area contributed by atoms with Crippen molar-refractivity contribution in [3.63, 3.8) is 0 Å². The molecule has 0 aliphatic carbocycles. The average Bonchev–Trinajstić information content (AvgIpc) is 2.90. The maximum atomic E-state index is 12.5. The fourth-order valence-electron chi connectivity index (χ4n) is 2.42. The highest BCUT2D eigenvalue weighted by atomic mass is 16.6. The van der Waals surface area contributed by atoms with Gasteiger partial charge in [-0.3, -0.25) is 4.79 Å². The van der Waals surface area contributed by atoms with Gasteiger partial charge < -0.3 is 14.5 Å². The molecule has 20 heavy (non-hydrogen) atoms. The molecule has 1 saturated heterocycles. The summed E-state index contributed by atoms with van der Waals surface area (Å²) in [4.78, 5) is 14.2. The first-order valence-corrected chi connectivity index (χ1v) is 6.71. The molecule has 3 rings (SSSR count). The fourth-order valence-corrected chi connectivity index (χ4v) is 2.42. The van der Waals surface area contributed by atoms with Crippen molar-refractivity contribution in [1.29, 1.82) is 0 Å². The number of carbonyl (C=O) groups is 1. The molecule has 0 radical (unpaired) electrons. The number of para-hydroxylation sites is 1. The second-order valence-electron chi connectivity index (χ2n) is 4.81. The summed E-state index contributed by atoms with van der Waals surface area (Å²) in [5, 5.41) is 15.5. The molecule has 1 aromatic carbocycles. The first-order chi connectivity index (χ1) is 9.77. The Labute approximate surface area is 116 Å². The van der Waals surface area contributed by atoms with Gasteiger partial charge in [0.1, 0.15) is 0 Å². The molecule has 2 heterocycles. The molecule has 2 aromatic rings. The SMILES string of the molecule is O=C(c1c([O-])on[n+]1-c1ccccc1)N1CCCCC1. The smallest absolute Gasteiger partial charge is 0.327 e. The summed E-state index contributed by atoms with van der Waals surface area (Å²) in [5.41, 5.74) is 0.608. The van der Waals surface area contributed by atoms with Crippen LogP contribution in [0.4, 0.5) is 0 Å². The maximum Gasteiger partial charge on any atom is 0.327 e. The van der Waals surface area contributed by atoms with Crippen molar-refractivity contribution in [1.82, 2.24) is 10.2 Å². The van der Waals surface area contributed by atoms with Gasteiger partial charge in [-0.15, -0.1) is 0 Å². The Morgan fingerprint density at radius 2 is 1.90 bits per heavy atom. The van der Waals surface area contributed by atoms with E-state index in [4.69, 9.17) is 0 Å². The standard InChI is InChI=1S/C14H15N3O3/c18-13(16-9-5-2-6-10-16)12-14(19)20-15-17(12)11-7-3-1-4-8-11/h1,3-4,7-8H,2,5-6,9-10H2. The topological polar surface area (TPSA) is 73.3 Å². The predicted molar refractivity (Wildman–Crippen MR) is 67.2 cm³/mol. The zero-order valence-corrected chi connectivity index (χ0v) is 11.0. The van der Waals surface area contributed by atoms with Crippen LogP contribution >= 0.6 is 0 Å². The van der Waals surface area contributed by atoms with Crippen LogP contribution in [0.15, 0.2) is 34.9 Å². The first-order valence-electron chi connectivity index (χ1n) is 6.71. The zero-order chi connectivity index (χ0) is 13.9. The molecule has 1 aliphatic rings. The van der Waals surface area contributed by atoms with Crippen LogP contribution in [0.2, 0.25) is 0 Å². The highest BCUT2D eigenvalue weighted by Crippen LogP contribution is 2.16. The number of rotatable bonds is 2. The van der Waals surface area contributed by atoms with Crippen molar-refractivity contribution < 1.29 is 19.1 Å². The number of hydrogen-bond acceptors (Lipinski definition) is 4. The van der Waals surface area contributed by atoms with Gasteiger partial charge in [0.25, 0.3) is 0 Å². The molecule has 0 atom stereocenters. The number of hydrogen-bond donors (Lipinski definition) is 0. The number of nitrogens with zero attached hydrogens (tertiary/aromatic N) is 3. The van der Waals surface area contributed by atoms with Crippen molar-refractivity contribution in [3.8, 4) is 11.6 Å². The van der Waals surface area contributed by atoms with Crippen LogP contribution in [0.5, 0.6) is 5.95 Å². The van der Waals surface area contributed by atoms with E-state index in [0.29, 0.717) is 18.8 Å². The van der Waals surface area contributed by atoms with Gasteiger partial charge in [0.2, 0.25) is 5.69 Å². The molecule has 0 N–H and O–H groups in total. The number of piperidine rings is 1. The second kappa shape index (κ2) is 5.32. The van der Waals surface area contributed by atoms with E-state index in [1.807, 2.05) is 18.2 Å². The third-order valence-electron chi connectivity index (χ3n) is 3.46. The number of benzene rings is 1. The quantitative estimate of drug-likeness (QED) is 0.753. The summed E-state index contributed by atoms with van der Waals surface area (Å²) >= 11 is 0. The minimum absolute atomic E-state index is 0.0295. The van der Waals surface area contributed by atoms with Crippen LogP contribution < -0.4 is 9.79 Å². The number of carbonyl (C=O) groups excluding carboxylic acids is 1.